The number of benzene rings is 1. The molecule has 0 spiro atoms. The van der Waals surface area contributed by atoms with Crippen LogP contribution in [0.1, 0.15) is 26.3 Å². The van der Waals surface area contributed by atoms with Crippen LogP contribution in [-0.2, 0) is 39.9 Å². The summed E-state index contributed by atoms with van der Waals surface area (Å²) in [5.74, 6) is 0.920. The second-order valence-electron chi connectivity index (χ2n) is 8.23. The van der Waals surface area contributed by atoms with Crippen molar-refractivity contribution in [3.63, 3.8) is 0 Å². The molecular formula is C25H27N3O8. The van der Waals surface area contributed by atoms with E-state index < -0.39 is 48.4 Å². The zero-order valence-electron chi connectivity index (χ0n) is 20.1. The molecule has 0 fully saturated rings. The Morgan fingerprint density at radius 2 is 1.89 bits per heavy atom. The monoisotopic (exact) mass is 497 g/mol. The molecule has 1 aliphatic rings. The number of terminal acetylenes is 1. The predicted octanol–water partition coefficient (Wildman–Crippen LogP) is 1.04. The number of ether oxygens (including phenoxy) is 4. The number of rotatable bonds is 10. The van der Waals surface area contributed by atoms with Gasteiger partial charge >= 0.3 is 11.9 Å². The Morgan fingerprint density at radius 1 is 1.17 bits per heavy atom. The molecule has 0 radical (unpaired) electrons. The molecule has 1 aromatic carbocycles. The van der Waals surface area contributed by atoms with Gasteiger partial charge in [-0.2, -0.15) is 0 Å². The maximum absolute atomic E-state index is 12.3. The zero-order valence-corrected chi connectivity index (χ0v) is 20.1. The summed E-state index contributed by atoms with van der Waals surface area (Å²) in [6.45, 7) is 2.88. The fourth-order valence-corrected chi connectivity index (χ4v) is 3.35. The van der Waals surface area contributed by atoms with E-state index in [4.69, 9.17) is 25.4 Å². The maximum atomic E-state index is 12.3. The molecule has 11 heteroatoms. The molecule has 0 aliphatic carbocycles. The number of aromatic nitrogens is 3. The number of Topliss-reactive ketones (excluding diaryl/α,β-unsaturated/α-hetero) is 1. The molecule has 190 valence electrons. The number of hydrogen-bond acceptors (Lipinski definition) is 10. The van der Waals surface area contributed by atoms with Gasteiger partial charge in [-0.1, -0.05) is 23.3 Å². The molecule has 1 aliphatic heterocycles. The van der Waals surface area contributed by atoms with Crippen LogP contribution < -0.4 is 0 Å². The number of hydrogen-bond donors (Lipinski definition) is 1. The minimum atomic E-state index is -1.94. The molecule has 1 aromatic heterocycles. The Kier molecular flexibility index (Phi) is 8.71. The van der Waals surface area contributed by atoms with Crippen LogP contribution in [0.3, 0.4) is 0 Å². The van der Waals surface area contributed by atoms with E-state index in [2.05, 4.69) is 16.2 Å². The first kappa shape index (κ1) is 26.7. The smallest absolute Gasteiger partial charge is 0.303 e. The van der Waals surface area contributed by atoms with Gasteiger partial charge in [0.05, 0.1) is 19.3 Å². The van der Waals surface area contributed by atoms with Gasteiger partial charge in [0.25, 0.3) is 0 Å². The molecule has 2 heterocycles. The van der Waals surface area contributed by atoms with E-state index in [1.54, 1.807) is 30.5 Å². The standard InChI is InChI=1S/C25H27N3O8/c1-5-19-6-8-20(9-7-19)21-12-28(27-26-21)14-25(32,16(2)29)15-34-24-11-10-22(35-18(4)31)23(36-24)13-33-17(3)30/h1,6-12,22-24,32H,13-15H2,2-4H3/t22-,23+,24-,25?/m0/s1. The average Bonchev–Trinajstić information content (AvgIpc) is 3.30. The summed E-state index contributed by atoms with van der Waals surface area (Å²) in [6, 6.07) is 7.14. The third-order valence-electron chi connectivity index (χ3n) is 5.34. The Hall–Kier alpha value is -3.85. The topological polar surface area (TPSA) is 139 Å². The minimum absolute atomic E-state index is 0.182. The van der Waals surface area contributed by atoms with Gasteiger partial charge in [-0.3, -0.25) is 14.4 Å². The van der Waals surface area contributed by atoms with E-state index in [0.29, 0.717) is 5.69 Å². The second kappa shape index (κ2) is 11.7. The van der Waals surface area contributed by atoms with Crippen molar-refractivity contribution in [1.29, 1.82) is 0 Å². The fraction of sp³-hybridized carbons (Fsp3) is 0.400. The van der Waals surface area contributed by atoms with Crippen molar-refractivity contribution in [2.45, 2.75) is 51.4 Å². The molecule has 3 rings (SSSR count). The fourth-order valence-electron chi connectivity index (χ4n) is 3.35. The van der Waals surface area contributed by atoms with Gasteiger partial charge in [-0.05, 0) is 31.2 Å². The highest BCUT2D eigenvalue weighted by molar-refractivity contribution is 5.84. The van der Waals surface area contributed by atoms with Crippen LogP contribution in [0, 0.1) is 12.3 Å². The molecule has 4 atom stereocenters. The first-order valence-electron chi connectivity index (χ1n) is 11.1. The molecule has 0 bridgehead atoms. The molecular weight excluding hydrogens is 470 g/mol. The summed E-state index contributed by atoms with van der Waals surface area (Å²) in [4.78, 5) is 34.9. The summed E-state index contributed by atoms with van der Waals surface area (Å²) in [7, 11) is 0. The lowest BCUT2D eigenvalue weighted by molar-refractivity contribution is -0.211. The number of nitrogens with zero attached hydrogens (tertiary/aromatic N) is 3. The van der Waals surface area contributed by atoms with Gasteiger partial charge in [-0.15, -0.1) is 11.5 Å². The number of ketones is 1. The van der Waals surface area contributed by atoms with Gasteiger partial charge in [0.15, 0.2) is 17.7 Å². The molecule has 0 amide bonds. The molecule has 2 aromatic rings. The lowest BCUT2D eigenvalue weighted by Crippen LogP contribution is -2.48. The number of carbonyl (C=O) groups is 3. The number of aliphatic hydroxyl groups is 1. The van der Waals surface area contributed by atoms with Crippen molar-refractivity contribution in [3.8, 4) is 23.6 Å². The van der Waals surface area contributed by atoms with E-state index in [1.807, 2.05) is 0 Å². The van der Waals surface area contributed by atoms with Gasteiger partial charge in [-0.25, -0.2) is 4.68 Å². The molecule has 11 nitrogen and oxygen atoms in total. The van der Waals surface area contributed by atoms with Crippen molar-refractivity contribution in [3.05, 3.63) is 48.2 Å². The Labute approximate surface area is 208 Å². The zero-order chi connectivity index (χ0) is 26.3. The van der Waals surface area contributed by atoms with Crippen molar-refractivity contribution in [2.24, 2.45) is 0 Å². The summed E-state index contributed by atoms with van der Waals surface area (Å²) in [5.41, 5.74) is 0.0918. The van der Waals surface area contributed by atoms with E-state index >= 15 is 0 Å². The van der Waals surface area contributed by atoms with Gasteiger partial charge in [0, 0.05) is 25.0 Å². The predicted molar refractivity (Wildman–Crippen MR) is 125 cm³/mol. The summed E-state index contributed by atoms with van der Waals surface area (Å²) in [6.07, 6.45) is 7.35. The Bertz CT molecular complexity index is 1170. The first-order valence-corrected chi connectivity index (χ1v) is 11.1. The highest BCUT2D eigenvalue weighted by Gasteiger charge is 2.37. The van der Waals surface area contributed by atoms with Crippen molar-refractivity contribution >= 4 is 17.7 Å². The Morgan fingerprint density at radius 3 is 2.50 bits per heavy atom. The minimum Gasteiger partial charge on any atom is -0.463 e. The maximum Gasteiger partial charge on any atom is 0.303 e. The van der Waals surface area contributed by atoms with Crippen LogP contribution in [0.15, 0.2) is 42.6 Å². The van der Waals surface area contributed by atoms with Crippen LogP contribution in [0.2, 0.25) is 0 Å². The SMILES string of the molecule is C#Cc1ccc(-c2cn(CC(O)(CO[C@@H]3C=C[C@H](OC(C)=O)[C@@H](COC(C)=O)O3)C(C)=O)nn2)cc1. The normalized spacial score (nSPS) is 20.7. The third kappa shape index (κ3) is 7.08. The lowest BCUT2D eigenvalue weighted by atomic mass is 10.0. The second-order valence-corrected chi connectivity index (χ2v) is 8.23. The van der Waals surface area contributed by atoms with Crippen LogP contribution in [0.5, 0.6) is 0 Å². The van der Waals surface area contributed by atoms with E-state index in [1.165, 1.54) is 37.6 Å². The van der Waals surface area contributed by atoms with Crippen LogP contribution >= 0.6 is 0 Å². The van der Waals surface area contributed by atoms with E-state index in [-0.39, 0.29) is 13.2 Å². The van der Waals surface area contributed by atoms with Gasteiger partial charge in [0.1, 0.15) is 24.5 Å². The molecule has 1 N–H and O–H groups in total. The lowest BCUT2D eigenvalue weighted by Gasteiger charge is -2.33. The molecule has 0 saturated heterocycles. The molecule has 36 heavy (non-hydrogen) atoms. The van der Waals surface area contributed by atoms with Crippen molar-refractivity contribution in [2.75, 3.05) is 13.2 Å². The third-order valence-corrected chi connectivity index (χ3v) is 5.34. The van der Waals surface area contributed by atoms with Crippen molar-refractivity contribution < 1.29 is 38.4 Å². The van der Waals surface area contributed by atoms with E-state index in [0.717, 1.165) is 11.1 Å². The average molecular weight is 498 g/mol. The molecule has 1 unspecified atom stereocenters. The van der Waals surface area contributed by atoms with Crippen LogP contribution in [0.4, 0.5) is 0 Å². The summed E-state index contributed by atoms with van der Waals surface area (Å²) < 4.78 is 22.9. The van der Waals surface area contributed by atoms with Gasteiger partial charge in [0.2, 0.25) is 0 Å². The van der Waals surface area contributed by atoms with Crippen molar-refractivity contribution in [1.82, 2.24) is 15.0 Å². The first-order chi connectivity index (χ1) is 17.1. The van der Waals surface area contributed by atoms with Crippen LogP contribution in [-0.4, -0.2) is 75.1 Å². The quantitative estimate of drug-likeness (QED) is 0.288. The largest absolute Gasteiger partial charge is 0.463 e. The summed E-state index contributed by atoms with van der Waals surface area (Å²) >= 11 is 0. The number of carbonyl (C=O) groups excluding carboxylic acids is 3. The van der Waals surface area contributed by atoms with E-state index in [9.17, 15) is 19.5 Å². The molecule has 0 saturated carbocycles. The Balaban J connectivity index is 1.67. The number of esters is 2. The van der Waals surface area contributed by atoms with Gasteiger partial charge < -0.3 is 24.1 Å². The summed E-state index contributed by atoms with van der Waals surface area (Å²) in [5, 5.41) is 19.1. The highest BCUT2D eigenvalue weighted by Crippen LogP contribution is 2.21. The highest BCUT2D eigenvalue weighted by atomic mass is 16.7. The van der Waals surface area contributed by atoms with Crippen LogP contribution in [0.25, 0.3) is 11.3 Å².